The number of nitrogens with one attached hydrogen (secondary N) is 1. The summed E-state index contributed by atoms with van der Waals surface area (Å²) in [6, 6.07) is 16.6. The summed E-state index contributed by atoms with van der Waals surface area (Å²) in [6.07, 6.45) is 0. The molecular formula is C24H23N3O4S2. The van der Waals surface area contributed by atoms with E-state index in [0.29, 0.717) is 10.6 Å². The van der Waals surface area contributed by atoms with Crippen LogP contribution in [0, 0.1) is 13.8 Å². The van der Waals surface area contributed by atoms with Crippen LogP contribution in [0.25, 0.3) is 10.2 Å². The molecule has 1 amide bonds. The Balaban J connectivity index is 1.71. The SMILES string of the molecule is COc1ccc(S(=O)(=O)Nc2ccccc2C(=O)N=c2sc3cc(C)c(C)cc3n2C)cc1. The molecule has 1 N–H and O–H groups in total. The number of aryl methyl sites for hydroxylation is 3. The quantitative estimate of drug-likeness (QED) is 0.457. The van der Waals surface area contributed by atoms with Crippen molar-refractivity contribution in [1.82, 2.24) is 4.57 Å². The van der Waals surface area contributed by atoms with Gasteiger partial charge in [-0.25, -0.2) is 8.42 Å². The van der Waals surface area contributed by atoms with E-state index in [0.717, 1.165) is 15.8 Å². The average molecular weight is 482 g/mol. The van der Waals surface area contributed by atoms with Gasteiger partial charge in [0.2, 0.25) is 0 Å². The van der Waals surface area contributed by atoms with Crippen molar-refractivity contribution in [2.24, 2.45) is 12.0 Å². The highest BCUT2D eigenvalue weighted by atomic mass is 32.2. The predicted molar refractivity (Wildman–Crippen MR) is 130 cm³/mol. The minimum atomic E-state index is -3.91. The highest BCUT2D eigenvalue weighted by molar-refractivity contribution is 7.92. The van der Waals surface area contributed by atoms with E-state index in [4.69, 9.17) is 4.74 Å². The zero-order chi connectivity index (χ0) is 23.8. The van der Waals surface area contributed by atoms with Crippen molar-refractivity contribution in [1.29, 1.82) is 0 Å². The number of anilines is 1. The first kappa shape index (κ1) is 22.8. The molecule has 33 heavy (non-hydrogen) atoms. The molecule has 0 aliphatic carbocycles. The highest BCUT2D eigenvalue weighted by Gasteiger charge is 2.19. The number of ether oxygens (including phenoxy) is 1. The highest BCUT2D eigenvalue weighted by Crippen LogP contribution is 2.24. The topological polar surface area (TPSA) is 89.8 Å². The predicted octanol–water partition coefficient (Wildman–Crippen LogP) is 4.41. The minimum absolute atomic E-state index is 0.0594. The van der Waals surface area contributed by atoms with E-state index < -0.39 is 15.9 Å². The normalized spacial score (nSPS) is 12.2. The van der Waals surface area contributed by atoms with Crippen LogP contribution in [0.2, 0.25) is 0 Å². The molecule has 0 spiro atoms. The van der Waals surface area contributed by atoms with E-state index in [9.17, 15) is 13.2 Å². The monoisotopic (exact) mass is 481 g/mol. The van der Waals surface area contributed by atoms with Crippen LogP contribution in [0.3, 0.4) is 0 Å². The molecule has 0 atom stereocenters. The Morgan fingerprint density at radius 1 is 1.03 bits per heavy atom. The number of methoxy groups -OCH3 is 1. The second-order valence-corrected chi connectivity index (χ2v) is 10.3. The lowest BCUT2D eigenvalue weighted by Gasteiger charge is -2.11. The molecule has 4 aromatic rings. The number of nitrogens with zero attached hydrogens (tertiary/aromatic N) is 2. The first-order valence-electron chi connectivity index (χ1n) is 10.1. The fraction of sp³-hybridized carbons (Fsp3) is 0.167. The van der Waals surface area contributed by atoms with Crippen molar-refractivity contribution in [2.45, 2.75) is 18.7 Å². The average Bonchev–Trinajstić information content (AvgIpc) is 3.08. The lowest BCUT2D eigenvalue weighted by Crippen LogP contribution is -2.17. The number of fused-ring (bicyclic) bond motifs is 1. The first-order valence-corrected chi connectivity index (χ1v) is 12.4. The maximum atomic E-state index is 13.1. The van der Waals surface area contributed by atoms with Gasteiger partial charge in [0, 0.05) is 7.05 Å². The molecule has 170 valence electrons. The Bertz CT molecular complexity index is 1530. The Kier molecular flexibility index (Phi) is 6.09. The van der Waals surface area contributed by atoms with Crippen molar-refractivity contribution < 1.29 is 17.9 Å². The minimum Gasteiger partial charge on any atom is -0.497 e. The molecule has 3 aromatic carbocycles. The van der Waals surface area contributed by atoms with E-state index in [1.54, 1.807) is 36.4 Å². The third-order valence-electron chi connectivity index (χ3n) is 5.39. The number of rotatable bonds is 5. The standard InChI is InChI=1S/C24H23N3O4S2/c1-15-13-21-22(14-16(15)2)32-24(27(21)3)25-23(28)19-7-5-6-8-20(19)26-33(29,30)18-11-9-17(31-4)10-12-18/h5-14,26H,1-4H3. The van der Waals surface area contributed by atoms with Crippen molar-refractivity contribution in [3.63, 3.8) is 0 Å². The fourth-order valence-electron chi connectivity index (χ4n) is 3.35. The number of amides is 1. The summed E-state index contributed by atoms with van der Waals surface area (Å²) in [5.41, 5.74) is 3.65. The van der Waals surface area contributed by atoms with Crippen molar-refractivity contribution >= 4 is 43.2 Å². The van der Waals surface area contributed by atoms with Gasteiger partial charge in [0.1, 0.15) is 5.75 Å². The van der Waals surface area contributed by atoms with E-state index in [2.05, 4.69) is 21.8 Å². The van der Waals surface area contributed by atoms with E-state index in [1.807, 2.05) is 25.5 Å². The number of para-hydroxylation sites is 1. The first-order chi connectivity index (χ1) is 15.7. The molecule has 1 aromatic heterocycles. The second kappa shape index (κ2) is 8.84. The second-order valence-electron chi connectivity index (χ2n) is 7.59. The van der Waals surface area contributed by atoms with Crippen molar-refractivity contribution in [3.05, 3.63) is 82.2 Å². The van der Waals surface area contributed by atoms with Crippen LogP contribution in [0.1, 0.15) is 21.5 Å². The number of aromatic nitrogens is 1. The van der Waals surface area contributed by atoms with Gasteiger partial charge in [0.05, 0.1) is 33.5 Å². The number of benzene rings is 3. The van der Waals surface area contributed by atoms with Crippen LogP contribution < -0.4 is 14.3 Å². The van der Waals surface area contributed by atoms with Gasteiger partial charge in [-0.2, -0.15) is 4.99 Å². The van der Waals surface area contributed by atoms with Crippen molar-refractivity contribution in [3.8, 4) is 5.75 Å². The molecule has 0 radical (unpaired) electrons. The molecular weight excluding hydrogens is 458 g/mol. The molecule has 0 fully saturated rings. The van der Waals surface area contributed by atoms with Crippen LogP contribution in [0.5, 0.6) is 5.75 Å². The van der Waals surface area contributed by atoms with E-state index in [1.165, 1.54) is 36.1 Å². The van der Waals surface area contributed by atoms with Crippen LogP contribution in [-0.2, 0) is 17.1 Å². The van der Waals surface area contributed by atoms with Gasteiger partial charge in [0.25, 0.3) is 15.9 Å². The molecule has 4 rings (SSSR count). The maximum absolute atomic E-state index is 13.1. The van der Waals surface area contributed by atoms with Crippen LogP contribution >= 0.6 is 11.3 Å². The maximum Gasteiger partial charge on any atom is 0.281 e. The molecule has 9 heteroatoms. The van der Waals surface area contributed by atoms with E-state index >= 15 is 0 Å². The molecule has 0 saturated heterocycles. The summed E-state index contributed by atoms with van der Waals surface area (Å²) in [4.78, 5) is 18.0. The molecule has 0 bridgehead atoms. The van der Waals surface area contributed by atoms with Gasteiger partial charge in [-0.1, -0.05) is 23.5 Å². The molecule has 7 nitrogen and oxygen atoms in total. The molecule has 0 saturated carbocycles. The summed E-state index contributed by atoms with van der Waals surface area (Å²) in [5, 5.41) is 0. The van der Waals surface area contributed by atoms with Crippen LogP contribution in [-0.4, -0.2) is 26.0 Å². The van der Waals surface area contributed by atoms with Gasteiger partial charge in [-0.3, -0.25) is 9.52 Å². The zero-order valence-electron chi connectivity index (χ0n) is 18.6. The molecule has 0 aliphatic rings. The summed E-state index contributed by atoms with van der Waals surface area (Å²) in [5.74, 6) is 0.0172. The lowest BCUT2D eigenvalue weighted by atomic mass is 10.1. The Labute approximate surface area is 196 Å². The van der Waals surface area contributed by atoms with E-state index in [-0.39, 0.29) is 16.1 Å². The van der Waals surface area contributed by atoms with Gasteiger partial charge in [-0.15, -0.1) is 0 Å². The summed E-state index contributed by atoms with van der Waals surface area (Å²) in [6.45, 7) is 4.08. The van der Waals surface area contributed by atoms with Gasteiger partial charge >= 0.3 is 0 Å². The fourth-order valence-corrected chi connectivity index (χ4v) is 5.53. The van der Waals surface area contributed by atoms with Crippen LogP contribution in [0.15, 0.2) is 70.6 Å². The van der Waals surface area contributed by atoms with Crippen molar-refractivity contribution in [2.75, 3.05) is 11.8 Å². The number of hydrogen-bond acceptors (Lipinski definition) is 5. The number of hydrogen-bond donors (Lipinski definition) is 1. The Morgan fingerprint density at radius 2 is 1.70 bits per heavy atom. The van der Waals surface area contributed by atoms with Gasteiger partial charge in [0.15, 0.2) is 4.80 Å². The number of carbonyl (C=O) groups excluding carboxylic acids is 1. The molecule has 0 aliphatic heterocycles. The zero-order valence-corrected chi connectivity index (χ0v) is 20.3. The largest absolute Gasteiger partial charge is 0.497 e. The number of thiazole rings is 1. The third-order valence-corrected chi connectivity index (χ3v) is 7.87. The summed E-state index contributed by atoms with van der Waals surface area (Å²) < 4.78 is 36.2. The third kappa shape index (κ3) is 4.55. The molecule has 1 heterocycles. The Morgan fingerprint density at radius 3 is 2.39 bits per heavy atom. The summed E-state index contributed by atoms with van der Waals surface area (Å²) >= 11 is 1.41. The van der Waals surface area contributed by atoms with Gasteiger partial charge in [-0.05, 0) is 73.5 Å². The number of carbonyl (C=O) groups is 1. The lowest BCUT2D eigenvalue weighted by molar-refractivity contribution is 0.0999. The Hall–Kier alpha value is -3.43. The summed E-state index contributed by atoms with van der Waals surface area (Å²) in [7, 11) is -0.542. The van der Waals surface area contributed by atoms with Crippen LogP contribution in [0.4, 0.5) is 5.69 Å². The number of sulfonamides is 1. The molecule has 0 unspecified atom stereocenters. The smallest absolute Gasteiger partial charge is 0.281 e. The van der Waals surface area contributed by atoms with Gasteiger partial charge < -0.3 is 9.30 Å².